The number of hydrogen-bond donors (Lipinski definition) is 4. The van der Waals surface area contributed by atoms with E-state index in [0.29, 0.717) is 40.6 Å². The van der Waals surface area contributed by atoms with Crippen LogP contribution in [-0.2, 0) is 22.5 Å². The number of hydrogen-bond acceptors (Lipinski definition) is 8. The molecule has 3 amide bonds. The fourth-order valence-corrected chi connectivity index (χ4v) is 4.58. The summed E-state index contributed by atoms with van der Waals surface area (Å²) in [7, 11) is 1.58. The number of halogens is 1. The Hall–Kier alpha value is -4.19. The second kappa shape index (κ2) is 13.0. The number of nitrogens with zero attached hydrogens (tertiary/aromatic N) is 3. The highest BCUT2D eigenvalue weighted by Crippen LogP contribution is 2.28. The molecule has 4 rings (SSSR count). The van der Waals surface area contributed by atoms with Crippen molar-refractivity contribution in [2.24, 2.45) is 0 Å². The van der Waals surface area contributed by atoms with Crippen molar-refractivity contribution in [1.82, 2.24) is 25.5 Å². The van der Waals surface area contributed by atoms with E-state index in [4.69, 9.17) is 4.74 Å². The molecule has 2 aromatic carbocycles. The van der Waals surface area contributed by atoms with Gasteiger partial charge in [-0.05, 0) is 78.5 Å². The maximum absolute atomic E-state index is 12.8. The minimum atomic E-state index is -0.589. The normalized spacial score (nSPS) is 12.7. The van der Waals surface area contributed by atoms with E-state index < -0.39 is 11.7 Å². The standard InChI is InChI=1S/C29H34BrN7O4/c1-29(2,3)41-28(40)32-13-11-24(38)37-14-12-18-9-10-20(15-19(18)17-37)34-27-33-16-22(30)25(36-27)35-23-8-6-5-7-21(23)26(39)31-4/h5-10,15-16H,11-14,17H2,1-4H3,(H,31,39)(H,32,40)(H2,33,34,35,36). The maximum Gasteiger partial charge on any atom is 0.407 e. The Balaban J connectivity index is 1.40. The highest BCUT2D eigenvalue weighted by atomic mass is 79.9. The average Bonchev–Trinajstić information content (AvgIpc) is 2.93. The molecule has 0 saturated heterocycles. The van der Waals surface area contributed by atoms with Crippen LogP contribution in [0.15, 0.2) is 53.1 Å². The number of para-hydroxylation sites is 1. The number of carbonyl (C=O) groups excluding carboxylic acids is 3. The van der Waals surface area contributed by atoms with Crippen LogP contribution in [0.25, 0.3) is 0 Å². The summed E-state index contributed by atoms with van der Waals surface area (Å²) in [4.78, 5) is 47.7. The molecule has 0 fully saturated rings. The molecule has 0 bridgehead atoms. The summed E-state index contributed by atoms with van der Waals surface area (Å²) in [6.45, 7) is 6.68. The first kappa shape index (κ1) is 29.8. The fraction of sp³-hybridized carbons (Fsp3) is 0.345. The van der Waals surface area contributed by atoms with Gasteiger partial charge in [0.25, 0.3) is 5.91 Å². The summed E-state index contributed by atoms with van der Waals surface area (Å²) >= 11 is 3.48. The van der Waals surface area contributed by atoms with Crippen LogP contribution in [-0.4, -0.2) is 58.5 Å². The molecule has 0 radical (unpaired) electrons. The Bertz CT molecular complexity index is 1440. The molecule has 1 aromatic heterocycles. The highest BCUT2D eigenvalue weighted by Gasteiger charge is 2.22. The van der Waals surface area contributed by atoms with Crippen molar-refractivity contribution in [2.75, 3.05) is 30.8 Å². The quantitative estimate of drug-likeness (QED) is 0.278. The molecule has 41 heavy (non-hydrogen) atoms. The van der Waals surface area contributed by atoms with Crippen LogP contribution < -0.4 is 21.3 Å². The Labute approximate surface area is 247 Å². The van der Waals surface area contributed by atoms with E-state index in [-0.39, 0.29) is 24.8 Å². The fourth-order valence-electron chi connectivity index (χ4n) is 4.29. The van der Waals surface area contributed by atoms with Gasteiger partial charge in [-0.3, -0.25) is 9.59 Å². The summed E-state index contributed by atoms with van der Waals surface area (Å²) in [5, 5.41) is 11.7. The predicted octanol–water partition coefficient (Wildman–Crippen LogP) is 4.89. The smallest absolute Gasteiger partial charge is 0.407 e. The molecule has 3 aromatic rings. The zero-order valence-corrected chi connectivity index (χ0v) is 25.1. The van der Waals surface area contributed by atoms with Gasteiger partial charge in [0.05, 0.1) is 15.7 Å². The number of carbonyl (C=O) groups is 3. The average molecular weight is 625 g/mol. The molecule has 0 saturated carbocycles. The highest BCUT2D eigenvalue weighted by molar-refractivity contribution is 9.10. The number of ether oxygens (including phenoxy) is 1. The lowest BCUT2D eigenvalue weighted by atomic mass is 9.99. The van der Waals surface area contributed by atoms with E-state index in [1.165, 1.54) is 5.56 Å². The van der Waals surface area contributed by atoms with Crippen molar-refractivity contribution < 1.29 is 19.1 Å². The molecular weight excluding hydrogens is 590 g/mol. The molecular formula is C29H34BrN7O4. The van der Waals surface area contributed by atoms with E-state index in [1.54, 1.807) is 57.1 Å². The molecule has 4 N–H and O–H groups in total. The van der Waals surface area contributed by atoms with E-state index in [9.17, 15) is 14.4 Å². The third-order valence-corrected chi connectivity index (χ3v) is 6.81. The maximum atomic E-state index is 12.8. The summed E-state index contributed by atoms with van der Waals surface area (Å²) in [6, 6.07) is 13.2. The number of aromatic nitrogens is 2. The SMILES string of the molecule is CNC(=O)c1ccccc1Nc1nc(Nc2ccc3c(c2)CN(C(=O)CCNC(=O)OC(C)(C)C)CC3)ncc1Br. The van der Waals surface area contributed by atoms with Crippen molar-refractivity contribution >= 4 is 57.0 Å². The van der Waals surface area contributed by atoms with E-state index in [2.05, 4.69) is 47.2 Å². The summed E-state index contributed by atoms with van der Waals surface area (Å²) < 4.78 is 5.86. The Morgan fingerprint density at radius 2 is 1.85 bits per heavy atom. The van der Waals surface area contributed by atoms with Gasteiger partial charge in [0, 0.05) is 45.0 Å². The zero-order chi connectivity index (χ0) is 29.6. The number of anilines is 4. The molecule has 0 spiro atoms. The molecule has 1 aliphatic heterocycles. The number of nitrogens with one attached hydrogen (secondary N) is 4. The van der Waals surface area contributed by atoms with Crippen molar-refractivity contribution in [3.63, 3.8) is 0 Å². The monoisotopic (exact) mass is 623 g/mol. The lowest BCUT2D eigenvalue weighted by Gasteiger charge is -2.29. The van der Waals surface area contributed by atoms with Crippen LogP contribution in [0, 0.1) is 0 Å². The lowest BCUT2D eigenvalue weighted by molar-refractivity contribution is -0.132. The van der Waals surface area contributed by atoms with E-state index in [1.807, 2.05) is 24.3 Å². The predicted molar refractivity (Wildman–Crippen MR) is 161 cm³/mol. The molecule has 2 heterocycles. The Morgan fingerprint density at radius 3 is 2.61 bits per heavy atom. The largest absolute Gasteiger partial charge is 0.444 e. The summed E-state index contributed by atoms with van der Waals surface area (Å²) in [5.41, 5.74) is 3.50. The number of amides is 3. The number of fused-ring (bicyclic) bond motifs is 1. The third-order valence-electron chi connectivity index (χ3n) is 6.23. The third kappa shape index (κ3) is 8.16. The van der Waals surface area contributed by atoms with Crippen molar-refractivity contribution in [3.8, 4) is 0 Å². The first-order valence-electron chi connectivity index (χ1n) is 13.3. The summed E-state index contributed by atoms with van der Waals surface area (Å²) in [5.74, 6) is 0.616. The van der Waals surface area contributed by atoms with Crippen LogP contribution in [0.4, 0.5) is 27.9 Å². The van der Waals surface area contributed by atoms with Gasteiger partial charge in [0.2, 0.25) is 11.9 Å². The van der Waals surface area contributed by atoms with Gasteiger partial charge >= 0.3 is 6.09 Å². The van der Waals surface area contributed by atoms with Gasteiger partial charge in [-0.25, -0.2) is 9.78 Å². The number of rotatable bonds is 8. The van der Waals surface area contributed by atoms with Crippen molar-refractivity contribution in [2.45, 2.75) is 45.8 Å². The molecule has 1 aliphatic rings. The topological polar surface area (TPSA) is 138 Å². The van der Waals surface area contributed by atoms with Gasteiger partial charge < -0.3 is 30.9 Å². The molecule has 11 nitrogen and oxygen atoms in total. The molecule has 12 heteroatoms. The van der Waals surface area contributed by atoms with Crippen LogP contribution in [0.1, 0.15) is 48.7 Å². The Morgan fingerprint density at radius 1 is 1.07 bits per heavy atom. The number of benzene rings is 2. The zero-order valence-electron chi connectivity index (χ0n) is 23.5. The van der Waals surface area contributed by atoms with Crippen LogP contribution in [0.5, 0.6) is 0 Å². The molecule has 216 valence electrons. The van der Waals surface area contributed by atoms with E-state index >= 15 is 0 Å². The van der Waals surface area contributed by atoms with Gasteiger partial charge in [0.15, 0.2) is 0 Å². The minimum Gasteiger partial charge on any atom is -0.444 e. The van der Waals surface area contributed by atoms with E-state index in [0.717, 1.165) is 17.7 Å². The van der Waals surface area contributed by atoms with Crippen molar-refractivity contribution in [1.29, 1.82) is 0 Å². The first-order valence-corrected chi connectivity index (χ1v) is 14.1. The van der Waals surface area contributed by atoms with Crippen LogP contribution in [0.2, 0.25) is 0 Å². The number of alkyl carbamates (subject to hydrolysis) is 1. The Kier molecular flexibility index (Phi) is 9.43. The lowest BCUT2D eigenvalue weighted by Crippen LogP contribution is -2.39. The second-order valence-corrected chi connectivity index (χ2v) is 11.3. The van der Waals surface area contributed by atoms with Gasteiger partial charge in [-0.15, -0.1) is 0 Å². The summed E-state index contributed by atoms with van der Waals surface area (Å²) in [6.07, 6.45) is 2.03. The minimum absolute atomic E-state index is 0.0333. The first-order chi connectivity index (χ1) is 19.5. The van der Waals surface area contributed by atoms with Crippen LogP contribution in [0.3, 0.4) is 0 Å². The van der Waals surface area contributed by atoms with Gasteiger partial charge in [0.1, 0.15) is 11.4 Å². The molecule has 0 aliphatic carbocycles. The second-order valence-electron chi connectivity index (χ2n) is 10.5. The molecule has 0 atom stereocenters. The van der Waals surface area contributed by atoms with Gasteiger partial charge in [-0.2, -0.15) is 4.98 Å². The molecule has 0 unspecified atom stereocenters. The van der Waals surface area contributed by atoms with Crippen LogP contribution >= 0.6 is 15.9 Å². The van der Waals surface area contributed by atoms with Crippen molar-refractivity contribution in [3.05, 3.63) is 69.8 Å². The van der Waals surface area contributed by atoms with Gasteiger partial charge in [-0.1, -0.05) is 18.2 Å².